The number of benzene rings is 4. The number of rotatable bonds is 0. The molecule has 5 nitrogen and oxygen atoms in total. The van der Waals surface area contributed by atoms with Crippen molar-refractivity contribution < 1.29 is 0 Å². The molecular formula is C30H15N3O2. The molecule has 9 aromatic rings. The van der Waals surface area contributed by atoms with Gasteiger partial charge >= 0.3 is 0 Å². The molecule has 0 aliphatic carbocycles. The summed E-state index contributed by atoms with van der Waals surface area (Å²) >= 11 is 0. The maximum absolute atomic E-state index is 14.1. The van der Waals surface area contributed by atoms with Gasteiger partial charge in [-0.2, -0.15) is 0 Å². The number of hydrogen-bond donors (Lipinski definition) is 0. The first-order chi connectivity index (χ1) is 17.3. The first-order valence-electron chi connectivity index (χ1n) is 11.6. The number of hydrogen-bond acceptors (Lipinski definition) is 2. The molecule has 0 bridgehead atoms. The number of fused-ring (bicyclic) bond motifs is 9. The van der Waals surface area contributed by atoms with Crippen LogP contribution in [0, 0.1) is 0 Å². The Morgan fingerprint density at radius 1 is 0.400 bits per heavy atom. The van der Waals surface area contributed by atoms with Gasteiger partial charge in [-0.1, -0.05) is 54.6 Å². The molecule has 4 aromatic carbocycles. The highest BCUT2D eigenvalue weighted by Gasteiger charge is 2.26. The van der Waals surface area contributed by atoms with Crippen LogP contribution in [0.5, 0.6) is 0 Å². The fraction of sp³-hybridized carbons (Fsp3) is 0. The van der Waals surface area contributed by atoms with E-state index < -0.39 is 0 Å². The molecule has 5 heterocycles. The van der Waals surface area contributed by atoms with E-state index >= 15 is 0 Å². The smallest absolute Gasteiger partial charge is 0.199 e. The molecule has 0 spiro atoms. The van der Waals surface area contributed by atoms with Gasteiger partial charge in [0.25, 0.3) is 0 Å². The monoisotopic (exact) mass is 449 g/mol. The van der Waals surface area contributed by atoms with Gasteiger partial charge in [0.1, 0.15) is 11.3 Å². The highest BCUT2D eigenvalue weighted by Crippen LogP contribution is 2.38. The second-order valence-corrected chi connectivity index (χ2v) is 9.29. The molecule has 0 radical (unpaired) electrons. The summed E-state index contributed by atoms with van der Waals surface area (Å²) in [5.41, 5.74) is 6.11. The van der Waals surface area contributed by atoms with E-state index in [1.54, 1.807) is 0 Å². The van der Waals surface area contributed by atoms with Crippen LogP contribution >= 0.6 is 0 Å². The van der Waals surface area contributed by atoms with E-state index in [-0.39, 0.29) is 10.9 Å². The molecule has 0 fully saturated rings. The van der Waals surface area contributed by atoms with Gasteiger partial charge in [0.05, 0.1) is 38.4 Å². The third-order valence-electron chi connectivity index (χ3n) is 7.69. The molecule has 162 valence electrons. The lowest BCUT2D eigenvalue weighted by Crippen LogP contribution is -2.14. The lowest BCUT2D eigenvalue weighted by Gasteiger charge is -2.11. The first-order valence-corrected chi connectivity index (χ1v) is 11.6. The maximum Gasteiger partial charge on any atom is 0.199 e. The topological polar surface area (TPSA) is 47.4 Å². The van der Waals surface area contributed by atoms with E-state index in [4.69, 9.17) is 0 Å². The molecule has 0 amide bonds. The molecule has 5 heteroatoms. The molecule has 0 aliphatic rings. The molecular weight excluding hydrogens is 434 g/mol. The van der Waals surface area contributed by atoms with Crippen molar-refractivity contribution in [3.8, 4) is 0 Å². The molecule has 0 saturated heterocycles. The zero-order chi connectivity index (χ0) is 23.0. The van der Waals surface area contributed by atoms with E-state index in [2.05, 4.69) is 37.5 Å². The predicted molar refractivity (Wildman–Crippen MR) is 142 cm³/mol. The number of aromatic nitrogens is 3. The highest BCUT2D eigenvalue weighted by molar-refractivity contribution is 6.19. The standard InChI is InChI=1S/C30H15N3O2/c34-27-18-10-7-11-19-26(18)33-29-24(27)16-8-1-3-12-20(16)31(29)22-14-5-6-15-23(22)32-21-13-4-2-9-17(21)25(28(19)35)30(32)33/h1-15H. The summed E-state index contributed by atoms with van der Waals surface area (Å²) in [6.45, 7) is 0. The summed E-state index contributed by atoms with van der Waals surface area (Å²) in [5.74, 6) is 0. The van der Waals surface area contributed by atoms with Crippen molar-refractivity contribution in [2.75, 3.05) is 0 Å². The van der Waals surface area contributed by atoms with Crippen molar-refractivity contribution in [2.24, 2.45) is 0 Å². The van der Waals surface area contributed by atoms with E-state index in [1.165, 1.54) is 0 Å². The largest absolute Gasteiger partial charge is 0.293 e. The Kier molecular flexibility index (Phi) is 2.81. The van der Waals surface area contributed by atoms with Gasteiger partial charge in [0.15, 0.2) is 10.9 Å². The molecule has 35 heavy (non-hydrogen) atoms. The SMILES string of the molecule is O=c1c2cccc3c(=O)c4c5ccccc5n5c6ccccc6n6c7ccccc7c1c6n(c23)c45. The van der Waals surface area contributed by atoms with Crippen LogP contribution < -0.4 is 10.9 Å². The molecule has 0 atom stereocenters. The van der Waals surface area contributed by atoms with Crippen molar-refractivity contribution in [1.82, 2.24) is 13.2 Å². The van der Waals surface area contributed by atoms with E-state index in [0.717, 1.165) is 44.1 Å². The Morgan fingerprint density at radius 3 is 1.29 bits per heavy atom. The zero-order valence-corrected chi connectivity index (χ0v) is 18.3. The van der Waals surface area contributed by atoms with Crippen molar-refractivity contribution in [3.05, 3.63) is 111 Å². The van der Waals surface area contributed by atoms with Gasteiger partial charge in [-0.05, 0) is 36.4 Å². The van der Waals surface area contributed by atoms with Crippen LogP contribution in [-0.2, 0) is 0 Å². The van der Waals surface area contributed by atoms with Gasteiger partial charge in [-0.15, -0.1) is 0 Å². The lowest BCUT2D eigenvalue weighted by molar-refractivity contribution is 1.18. The Bertz CT molecular complexity index is 2310. The number of pyridine rings is 2. The minimum atomic E-state index is -0.0404. The van der Waals surface area contributed by atoms with Gasteiger partial charge in [-0.3, -0.25) is 22.8 Å². The minimum absolute atomic E-state index is 0.0404. The highest BCUT2D eigenvalue weighted by atomic mass is 16.1. The third-order valence-corrected chi connectivity index (χ3v) is 7.69. The van der Waals surface area contributed by atoms with Gasteiger partial charge < -0.3 is 0 Å². The zero-order valence-electron chi connectivity index (χ0n) is 18.3. The van der Waals surface area contributed by atoms with E-state index in [0.29, 0.717) is 27.1 Å². The number of nitrogens with zero attached hydrogens (tertiary/aromatic N) is 3. The quantitative estimate of drug-likeness (QED) is 0.293. The Balaban J connectivity index is 1.92. The van der Waals surface area contributed by atoms with Gasteiger partial charge in [0.2, 0.25) is 0 Å². The van der Waals surface area contributed by atoms with Crippen molar-refractivity contribution in [1.29, 1.82) is 0 Å². The molecule has 0 N–H and O–H groups in total. The van der Waals surface area contributed by atoms with Crippen LogP contribution in [-0.4, -0.2) is 13.2 Å². The third kappa shape index (κ3) is 1.76. The second-order valence-electron chi connectivity index (χ2n) is 9.29. The van der Waals surface area contributed by atoms with E-state index in [9.17, 15) is 9.59 Å². The summed E-state index contributed by atoms with van der Waals surface area (Å²) in [5, 5.41) is 4.33. The molecule has 5 aromatic heterocycles. The average molecular weight is 449 g/mol. The fourth-order valence-electron chi connectivity index (χ4n) is 6.39. The minimum Gasteiger partial charge on any atom is -0.293 e. The summed E-state index contributed by atoms with van der Waals surface area (Å²) in [7, 11) is 0. The van der Waals surface area contributed by atoms with Crippen molar-refractivity contribution in [3.63, 3.8) is 0 Å². The molecule has 0 unspecified atom stereocenters. The van der Waals surface area contributed by atoms with Crippen LogP contribution in [0.2, 0.25) is 0 Å². The molecule has 0 aliphatic heterocycles. The summed E-state index contributed by atoms with van der Waals surface area (Å²) in [6.07, 6.45) is 0. The Labute approximate surface area is 195 Å². The summed E-state index contributed by atoms with van der Waals surface area (Å²) in [6, 6.07) is 29.9. The summed E-state index contributed by atoms with van der Waals surface area (Å²) < 4.78 is 6.55. The maximum atomic E-state index is 14.1. The van der Waals surface area contributed by atoms with Gasteiger partial charge in [-0.25, -0.2) is 0 Å². The van der Waals surface area contributed by atoms with Crippen molar-refractivity contribution >= 4 is 71.2 Å². The lowest BCUT2D eigenvalue weighted by atomic mass is 10.0. The normalized spacial score (nSPS) is 12.8. The van der Waals surface area contributed by atoms with Crippen LogP contribution in [0.1, 0.15) is 0 Å². The van der Waals surface area contributed by atoms with Crippen molar-refractivity contribution in [2.45, 2.75) is 0 Å². The van der Waals surface area contributed by atoms with Gasteiger partial charge in [0, 0.05) is 21.5 Å². The molecule has 9 rings (SSSR count). The molecule has 0 saturated carbocycles. The second kappa shape index (κ2) is 5.59. The van der Waals surface area contributed by atoms with Crippen LogP contribution in [0.3, 0.4) is 0 Å². The fourth-order valence-corrected chi connectivity index (χ4v) is 6.39. The first kappa shape index (κ1) is 17.6. The van der Waals surface area contributed by atoms with E-state index in [1.807, 2.05) is 66.7 Å². The summed E-state index contributed by atoms with van der Waals surface area (Å²) in [4.78, 5) is 28.1. The number of para-hydroxylation sites is 5. The Morgan fingerprint density at radius 2 is 0.800 bits per heavy atom. The Hall–Kier alpha value is -4.90. The predicted octanol–water partition coefficient (Wildman–Crippen LogP) is 5.81. The van der Waals surface area contributed by atoms with Crippen LogP contribution in [0.4, 0.5) is 0 Å². The van der Waals surface area contributed by atoms with Crippen LogP contribution in [0.25, 0.3) is 71.2 Å². The van der Waals surface area contributed by atoms with Crippen LogP contribution in [0.15, 0.2) is 101 Å². The average Bonchev–Trinajstić information content (AvgIpc) is 3.38.